The smallest absolute Gasteiger partial charge is 0.328 e. The summed E-state index contributed by atoms with van der Waals surface area (Å²) in [5, 5.41) is 0. The highest BCUT2D eigenvalue weighted by atomic mass is 32.2. The van der Waals surface area contributed by atoms with Gasteiger partial charge in [-0.15, -0.1) is 4.72 Å². The fraction of sp³-hybridized carbons (Fsp3) is 0.333. The second-order valence-corrected chi connectivity index (χ2v) is 6.29. The molecule has 7 heteroatoms. The van der Waals surface area contributed by atoms with Gasteiger partial charge in [-0.25, -0.2) is 4.79 Å². The van der Waals surface area contributed by atoms with Gasteiger partial charge in [-0.05, 0) is 12.5 Å². The highest BCUT2D eigenvalue weighted by Crippen LogP contribution is 2.12. The molecular formula is C15H19N3O3S. The predicted molar refractivity (Wildman–Crippen MR) is 86.9 cm³/mol. The molecule has 1 aromatic carbocycles. The number of benzene rings is 1. The zero-order valence-corrected chi connectivity index (χ0v) is 13.1. The maximum absolute atomic E-state index is 12.0. The van der Waals surface area contributed by atoms with Crippen molar-refractivity contribution in [2.45, 2.75) is 25.9 Å². The van der Waals surface area contributed by atoms with Crippen molar-refractivity contribution in [3.8, 4) is 0 Å². The van der Waals surface area contributed by atoms with Crippen LogP contribution in [0.3, 0.4) is 0 Å². The van der Waals surface area contributed by atoms with E-state index in [1.165, 1.54) is 16.8 Å². The van der Waals surface area contributed by atoms with E-state index in [-0.39, 0.29) is 6.04 Å². The third-order valence-electron chi connectivity index (χ3n) is 3.23. The Morgan fingerprint density at radius 3 is 2.68 bits per heavy atom. The Bertz CT molecular complexity index is 699. The van der Waals surface area contributed by atoms with Crippen LogP contribution in [-0.2, 0) is 17.9 Å². The average Bonchev–Trinajstić information content (AvgIpc) is 2.50. The topological polar surface area (TPSA) is 89.9 Å². The van der Waals surface area contributed by atoms with Gasteiger partial charge in [0.15, 0.2) is 0 Å². The molecule has 0 saturated heterocycles. The second-order valence-electron chi connectivity index (χ2n) is 4.96. The molecule has 0 aliphatic heterocycles. The molecule has 0 radical (unpaired) electrons. The van der Waals surface area contributed by atoms with Gasteiger partial charge in [-0.3, -0.25) is 9.78 Å². The van der Waals surface area contributed by atoms with E-state index in [0.29, 0.717) is 18.7 Å². The molecule has 2 N–H and O–H groups in total. The van der Waals surface area contributed by atoms with Crippen LogP contribution in [0.4, 0.5) is 0 Å². The van der Waals surface area contributed by atoms with Gasteiger partial charge in [0, 0.05) is 36.6 Å². The van der Waals surface area contributed by atoms with Gasteiger partial charge in [-0.2, -0.15) is 0 Å². The number of aryl methyl sites for hydroxylation is 1. The van der Waals surface area contributed by atoms with Crippen LogP contribution >= 0.6 is 0 Å². The highest BCUT2D eigenvalue weighted by molar-refractivity contribution is 7.89. The fourth-order valence-corrected chi connectivity index (χ4v) is 3.09. The molecular weight excluding hydrogens is 302 g/mol. The fourth-order valence-electron chi connectivity index (χ4n) is 2.05. The lowest BCUT2D eigenvalue weighted by Gasteiger charge is -2.17. The van der Waals surface area contributed by atoms with Crippen molar-refractivity contribution in [1.82, 2.24) is 14.3 Å². The third kappa shape index (κ3) is 4.87. The van der Waals surface area contributed by atoms with E-state index >= 15 is 0 Å². The van der Waals surface area contributed by atoms with Crippen molar-refractivity contribution in [2.24, 2.45) is 0 Å². The van der Waals surface area contributed by atoms with Crippen molar-refractivity contribution in [1.29, 1.82) is 0 Å². The van der Waals surface area contributed by atoms with Crippen LogP contribution in [-0.4, -0.2) is 19.9 Å². The molecule has 1 heterocycles. The Labute approximate surface area is 131 Å². The van der Waals surface area contributed by atoms with Gasteiger partial charge in [0.1, 0.15) is 5.75 Å². The van der Waals surface area contributed by atoms with Crippen LogP contribution in [0.25, 0.3) is 0 Å². The van der Waals surface area contributed by atoms with Crippen molar-refractivity contribution in [2.75, 3.05) is 5.75 Å². The number of hydrogen-bond donors (Lipinski definition) is 2. The van der Waals surface area contributed by atoms with E-state index in [9.17, 15) is 14.1 Å². The molecule has 118 valence electrons. The Morgan fingerprint density at radius 2 is 2.00 bits per heavy atom. The van der Waals surface area contributed by atoms with Crippen LogP contribution in [0, 0.1) is 0 Å². The first kappa shape index (κ1) is 16.5. The van der Waals surface area contributed by atoms with Gasteiger partial charge >= 0.3 is 5.69 Å². The highest BCUT2D eigenvalue weighted by Gasteiger charge is 2.13. The zero-order valence-electron chi connectivity index (χ0n) is 12.3. The van der Waals surface area contributed by atoms with E-state index < -0.39 is 22.6 Å². The Balaban J connectivity index is 1.79. The minimum Gasteiger partial charge on any atom is -0.598 e. The van der Waals surface area contributed by atoms with E-state index in [4.69, 9.17) is 0 Å². The van der Waals surface area contributed by atoms with Crippen LogP contribution in [0.2, 0.25) is 0 Å². The van der Waals surface area contributed by atoms with Gasteiger partial charge in [-0.1, -0.05) is 30.3 Å². The largest absolute Gasteiger partial charge is 0.598 e. The number of nitrogens with zero attached hydrogens (tertiary/aromatic N) is 1. The van der Waals surface area contributed by atoms with E-state index in [0.717, 1.165) is 5.56 Å². The molecule has 0 bridgehead atoms. The lowest BCUT2D eigenvalue weighted by atomic mass is 10.1. The van der Waals surface area contributed by atoms with Gasteiger partial charge in [0.25, 0.3) is 5.56 Å². The molecule has 0 spiro atoms. The second kappa shape index (κ2) is 7.98. The van der Waals surface area contributed by atoms with Crippen molar-refractivity contribution in [3.05, 3.63) is 69.0 Å². The Morgan fingerprint density at radius 1 is 1.27 bits per heavy atom. The number of aromatic amines is 1. The minimum absolute atomic E-state index is 0.00200. The number of nitrogens with one attached hydrogen (secondary N) is 2. The van der Waals surface area contributed by atoms with Crippen LogP contribution in [0.5, 0.6) is 0 Å². The maximum atomic E-state index is 12.0. The summed E-state index contributed by atoms with van der Waals surface area (Å²) in [6.45, 7) is 2.38. The first-order valence-corrected chi connectivity index (χ1v) is 8.37. The molecule has 2 atom stereocenters. The lowest BCUT2D eigenvalue weighted by Crippen LogP contribution is -2.31. The zero-order chi connectivity index (χ0) is 15.9. The summed E-state index contributed by atoms with van der Waals surface area (Å²) in [6.07, 6.45) is 2.02. The predicted octanol–water partition coefficient (Wildman–Crippen LogP) is 0.941. The summed E-state index contributed by atoms with van der Waals surface area (Å²) >= 11 is -1.17. The first-order valence-electron chi connectivity index (χ1n) is 7.05. The quantitative estimate of drug-likeness (QED) is 0.743. The van der Waals surface area contributed by atoms with Gasteiger partial charge < -0.3 is 9.12 Å². The monoisotopic (exact) mass is 321 g/mol. The standard InChI is InChI=1S/C15H19N3O3S/c1-12(13-6-3-2-4-7-13)17-22(21)11-5-9-18-10-8-14(19)16-15(18)20/h2-4,6-8,10,12,17H,5,9,11H2,1H3,(H,16,19,20)/t12-,22?/m0/s1. The lowest BCUT2D eigenvalue weighted by molar-refractivity contribution is 0.555. The average molecular weight is 321 g/mol. The van der Waals surface area contributed by atoms with E-state index in [1.54, 1.807) is 0 Å². The summed E-state index contributed by atoms with van der Waals surface area (Å²) in [4.78, 5) is 24.6. The summed E-state index contributed by atoms with van der Waals surface area (Å²) in [5.41, 5.74) is 0.222. The molecule has 2 rings (SSSR count). The molecule has 2 aromatic rings. The van der Waals surface area contributed by atoms with Crippen molar-refractivity contribution < 1.29 is 4.55 Å². The molecule has 0 aliphatic carbocycles. The van der Waals surface area contributed by atoms with Crippen LogP contribution in [0.1, 0.15) is 24.9 Å². The van der Waals surface area contributed by atoms with Crippen LogP contribution < -0.4 is 16.0 Å². The molecule has 0 amide bonds. The molecule has 0 saturated carbocycles. The molecule has 22 heavy (non-hydrogen) atoms. The van der Waals surface area contributed by atoms with Gasteiger partial charge in [0.2, 0.25) is 0 Å². The van der Waals surface area contributed by atoms with Crippen molar-refractivity contribution in [3.63, 3.8) is 0 Å². The minimum atomic E-state index is -1.17. The number of hydrogen-bond acceptors (Lipinski definition) is 4. The first-order chi connectivity index (χ1) is 10.6. The summed E-state index contributed by atoms with van der Waals surface area (Å²) in [6, 6.07) is 11.1. The molecule has 1 aromatic heterocycles. The van der Waals surface area contributed by atoms with Gasteiger partial charge in [0.05, 0.1) is 6.04 Å². The normalized spacial score (nSPS) is 13.7. The third-order valence-corrected chi connectivity index (χ3v) is 4.51. The van der Waals surface area contributed by atoms with Crippen molar-refractivity contribution >= 4 is 11.4 Å². The molecule has 0 fully saturated rings. The van der Waals surface area contributed by atoms with E-state index in [1.807, 2.05) is 37.3 Å². The summed E-state index contributed by atoms with van der Waals surface area (Å²) < 4.78 is 16.4. The SMILES string of the molecule is C[C@H](N[S+]([O-])CCCn1ccc(=O)[nH]c1=O)c1ccccc1. The number of rotatable bonds is 7. The molecule has 1 unspecified atom stereocenters. The summed E-state index contributed by atoms with van der Waals surface area (Å²) in [7, 11) is 0. The number of aromatic nitrogens is 2. The molecule has 6 nitrogen and oxygen atoms in total. The Hall–Kier alpha value is -1.83. The maximum Gasteiger partial charge on any atom is 0.328 e. The summed E-state index contributed by atoms with van der Waals surface area (Å²) in [5.74, 6) is 0.433. The molecule has 0 aliphatic rings. The van der Waals surface area contributed by atoms with Crippen LogP contribution in [0.15, 0.2) is 52.2 Å². The Kier molecular flexibility index (Phi) is 6.00. The van der Waals surface area contributed by atoms with E-state index in [2.05, 4.69) is 9.71 Å². The number of H-pyrrole nitrogens is 1.